The number of nitrogens with zero attached hydrogens (tertiary/aromatic N) is 2. The van der Waals surface area contributed by atoms with Crippen LogP contribution in [0.25, 0.3) is 0 Å². The first-order chi connectivity index (χ1) is 13.6. The van der Waals surface area contributed by atoms with Crippen LogP contribution in [0.5, 0.6) is 0 Å². The number of carbonyl (C=O) groups excluding carboxylic acids is 1. The molecule has 0 saturated heterocycles. The summed E-state index contributed by atoms with van der Waals surface area (Å²) in [5.74, 6) is -0.254. The van der Waals surface area contributed by atoms with E-state index in [0.29, 0.717) is 24.1 Å². The van der Waals surface area contributed by atoms with Crippen molar-refractivity contribution in [1.82, 2.24) is 4.98 Å². The Balaban J connectivity index is 1.46. The fourth-order valence-electron chi connectivity index (χ4n) is 3.71. The number of benzene rings is 2. The van der Waals surface area contributed by atoms with Gasteiger partial charge in [-0.15, -0.1) is 0 Å². The van der Waals surface area contributed by atoms with E-state index in [1.807, 2.05) is 35.2 Å². The van der Waals surface area contributed by atoms with Crippen LogP contribution in [0, 0.1) is 5.82 Å². The Kier molecular flexibility index (Phi) is 5.06. The van der Waals surface area contributed by atoms with Crippen molar-refractivity contribution in [2.45, 2.75) is 25.8 Å². The summed E-state index contributed by atoms with van der Waals surface area (Å²) >= 11 is 0. The van der Waals surface area contributed by atoms with E-state index in [1.54, 1.807) is 24.5 Å². The van der Waals surface area contributed by atoms with E-state index >= 15 is 0 Å². The largest absolute Gasteiger partial charge is 0.383 e. The lowest BCUT2D eigenvalue weighted by Gasteiger charge is -2.23. The molecule has 2 heterocycles. The van der Waals surface area contributed by atoms with Crippen LogP contribution in [0.4, 0.5) is 15.8 Å². The average Bonchev–Trinajstić information content (AvgIpc) is 3.05. The summed E-state index contributed by atoms with van der Waals surface area (Å²) in [5, 5.41) is 3.24. The Labute approximate surface area is 164 Å². The number of anilines is 2. The van der Waals surface area contributed by atoms with Crippen molar-refractivity contribution in [3.8, 4) is 0 Å². The van der Waals surface area contributed by atoms with Gasteiger partial charge >= 0.3 is 0 Å². The number of fused-ring (bicyclic) bond motifs is 1. The molecule has 1 N–H and O–H groups in total. The molecule has 28 heavy (non-hydrogen) atoms. The summed E-state index contributed by atoms with van der Waals surface area (Å²) in [6.45, 7) is 2.62. The number of para-hydroxylation sites is 1. The molecule has 0 fully saturated rings. The first kappa shape index (κ1) is 18.2. The number of hydrogen-bond acceptors (Lipinski definition) is 3. The highest BCUT2D eigenvalue weighted by atomic mass is 19.1. The lowest BCUT2D eigenvalue weighted by Crippen LogP contribution is -2.35. The molecule has 0 bridgehead atoms. The van der Waals surface area contributed by atoms with E-state index in [2.05, 4.69) is 23.3 Å². The van der Waals surface area contributed by atoms with E-state index in [0.717, 1.165) is 17.8 Å². The Hall–Kier alpha value is -3.21. The maximum absolute atomic E-state index is 13.7. The summed E-state index contributed by atoms with van der Waals surface area (Å²) in [4.78, 5) is 19.2. The van der Waals surface area contributed by atoms with Gasteiger partial charge in [-0.3, -0.25) is 9.78 Å². The summed E-state index contributed by atoms with van der Waals surface area (Å²) in [6.07, 6.45) is 4.69. The minimum Gasteiger partial charge on any atom is -0.383 e. The second-order valence-corrected chi connectivity index (χ2v) is 7.09. The van der Waals surface area contributed by atoms with Gasteiger partial charge in [-0.1, -0.05) is 36.4 Å². The fraction of sp³-hybridized carbons (Fsp3) is 0.217. The molecular weight excluding hydrogens is 353 g/mol. The van der Waals surface area contributed by atoms with Gasteiger partial charge in [0.2, 0.25) is 0 Å². The van der Waals surface area contributed by atoms with Gasteiger partial charge in [0, 0.05) is 30.7 Å². The molecule has 1 aliphatic rings. The third-order valence-corrected chi connectivity index (χ3v) is 5.09. The lowest BCUT2D eigenvalue weighted by molar-refractivity contribution is 0.0981. The molecule has 0 radical (unpaired) electrons. The van der Waals surface area contributed by atoms with Gasteiger partial charge < -0.3 is 10.2 Å². The Morgan fingerprint density at radius 3 is 2.82 bits per heavy atom. The molecule has 1 aliphatic heterocycles. The minimum absolute atomic E-state index is 0.0531. The van der Waals surface area contributed by atoms with Gasteiger partial charge in [-0.25, -0.2) is 4.39 Å². The van der Waals surface area contributed by atoms with Gasteiger partial charge in [0.1, 0.15) is 5.82 Å². The molecule has 2 aromatic carbocycles. The molecule has 4 nitrogen and oxygen atoms in total. The molecule has 0 spiro atoms. The maximum atomic E-state index is 13.7. The van der Waals surface area contributed by atoms with E-state index in [1.165, 1.54) is 11.6 Å². The quantitative estimate of drug-likeness (QED) is 0.716. The van der Waals surface area contributed by atoms with Gasteiger partial charge in [-0.05, 0) is 49.1 Å². The normalized spacial score (nSPS) is 15.4. The molecule has 1 atom stereocenters. The number of carbonyl (C=O) groups is 1. The number of halogens is 1. The van der Waals surface area contributed by atoms with Crippen LogP contribution in [0.15, 0.2) is 67.0 Å². The van der Waals surface area contributed by atoms with Crippen LogP contribution >= 0.6 is 0 Å². The zero-order chi connectivity index (χ0) is 19.5. The van der Waals surface area contributed by atoms with E-state index in [9.17, 15) is 9.18 Å². The molecule has 4 rings (SSSR count). The number of rotatable bonds is 5. The van der Waals surface area contributed by atoms with Crippen LogP contribution in [0.3, 0.4) is 0 Å². The number of pyridine rings is 1. The summed E-state index contributed by atoms with van der Waals surface area (Å²) < 4.78 is 13.7. The number of hydrogen-bond donors (Lipinski definition) is 1. The molecular formula is C23H22FN3O. The molecule has 1 unspecified atom stereocenters. The minimum atomic E-state index is -0.201. The highest BCUT2D eigenvalue weighted by molar-refractivity contribution is 6.08. The summed E-state index contributed by atoms with van der Waals surface area (Å²) in [7, 11) is 0. The van der Waals surface area contributed by atoms with Crippen LogP contribution in [0.1, 0.15) is 28.4 Å². The number of amides is 1. The van der Waals surface area contributed by atoms with Crippen LogP contribution in [0.2, 0.25) is 0 Å². The first-order valence-electron chi connectivity index (χ1n) is 9.47. The lowest BCUT2D eigenvalue weighted by atomic mass is 10.1. The molecule has 0 saturated carbocycles. The highest BCUT2D eigenvalue weighted by Gasteiger charge is 2.31. The molecule has 1 aromatic heterocycles. The van der Waals surface area contributed by atoms with E-state index in [4.69, 9.17) is 0 Å². The van der Waals surface area contributed by atoms with Gasteiger partial charge in [0.15, 0.2) is 0 Å². The Morgan fingerprint density at radius 1 is 1.18 bits per heavy atom. The third kappa shape index (κ3) is 3.60. The van der Waals surface area contributed by atoms with E-state index < -0.39 is 0 Å². The van der Waals surface area contributed by atoms with Gasteiger partial charge in [0.05, 0.1) is 11.3 Å². The summed E-state index contributed by atoms with van der Waals surface area (Å²) in [5.41, 5.74) is 4.12. The first-order valence-corrected chi connectivity index (χ1v) is 9.47. The van der Waals surface area contributed by atoms with Crippen molar-refractivity contribution >= 4 is 17.3 Å². The molecule has 1 amide bonds. The number of aromatic nitrogens is 1. The number of nitrogens with one attached hydrogen (secondary N) is 1. The SMILES string of the molecule is CC1Cc2ccccc2N1C(=O)c1cncc(NCCc2ccccc2F)c1. The zero-order valence-electron chi connectivity index (χ0n) is 15.7. The predicted molar refractivity (Wildman–Crippen MR) is 109 cm³/mol. The van der Waals surface area contributed by atoms with Crippen molar-refractivity contribution in [1.29, 1.82) is 0 Å². The zero-order valence-corrected chi connectivity index (χ0v) is 15.7. The molecule has 142 valence electrons. The van der Waals surface area contributed by atoms with Crippen molar-refractivity contribution < 1.29 is 9.18 Å². The Bertz CT molecular complexity index is 1000. The van der Waals surface area contributed by atoms with Crippen LogP contribution in [-0.4, -0.2) is 23.5 Å². The molecule has 0 aliphatic carbocycles. The summed E-state index contributed by atoms with van der Waals surface area (Å²) in [6, 6.07) is 16.7. The van der Waals surface area contributed by atoms with Gasteiger partial charge in [0.25, 0.3) is 5.91 Å². The smallest absolute Gasteiger partial charge is 0.260 e. The van der Waals surface area contributed by atoms with Crippen LogP contribution in [-0.2, 0) is 12.8 Å². The average molecular weight is 375 g/mol. The maximum Gasteiger partial charge on any atom is 0.260 e. The highest BCUT2D eigenvalue weighted by Crippen LogP contribution is 2.33. The van der Waals surface area contributed by atoms with Crippen molar-refractivity contribution in [3.63, 3.8) is 0 Å². The topological polar surface area (TPSA) is 45.2 Å². The third-order valence-electron chi connectivity index (χ3n) is 5.09. The predicted octanol–water partition coefficient (Wildman–Crippen LogP) is 4.47. The Morgan fingerprint density at radius 2 is 1.96 bits per heavy atom. The van der Waals surface area contributed by atoms with Crippen LogP contribution < -0.4 is 10.2 Å². The van der Waals surface area contributed by atoms with E-state index in [-0.39, 0.29) is 17.8 Å². The van der Waals surface area contributed by atoms with Crippen molar-refractivity contribution in [2.75, 3.05) is 16.8 Å². The monoisotopic (exact) mass is 375 g/mol. The van der Waals surface area contributed by atoms with Crippen molar-refractivity contribution in [3.05, 3.63) is 89.5 Å². The van der Waals surface area contributed by atoms with Crippen molar-refractivity contribution in [2.24, 2.45) is 0 Å². The fourth-order valence-corrected chi connectivity index (χ4v) is 3.71. The second-order valence-electron chi connectivity index (χ2n) is 7.09. The molecule has 5 heteroatoms. The molecule has 3 aromatic rings. The van der Waals surface area contributed by atoms with Gasteiger partial charge in [-0.2, -0.15) is 0 Å². The standard InChI is InChI=1S/C23H22FN3O/c1-16-12-18-7-3-5-9-22(18)27(16)23(28)19-13-20(15-25-14-19)26-11-10-17-6-2-4-8-21(17)24/h2-9,13-16,26H,10-12H2,1H3. The second kappa shape index (κ2) is 7.80.